The van der Waals surface area contributed by atoms with Gasteiger partial charge in [-0.05, 0) is 55.5 Å². The number of carbonyl (C=O) groups excluding carboxylic acids is 1. The van der Waals surface area contributed by atoms with Crippen LogP contribution in [0, 0.1) is 5.82 Å². The highest BCUT2D eigenvalue weighted by Gasteiger charge is 2.59. The Balaban J connectivity index is 1.51. The van der Waals surface area contributed by atoms with Gasteiger partial charge in [0, 0.05) is 28.3 Å². The number of hydrogen-bond donors (Lipinski definition) is 3. The van der Waals surface area contributed by atoms with Gasteiger partial charge in [0.15, 0.2) is 11.3 Å². The highest BCUT2D eigenvalue weighted by Crippen LogP contribution is 2.49. The summed E-state index contributed by atoms with van der Waals surface area (Å²) in [5, 5.41) is 14.6. The van der Waals surface area contributed by atoms with Crippen molar-refractivity contribution in [3.63, 3.8) is 0 Å². The molecule has 0 saturated heterocycles. The van der Waals surface area contributed by atoms with Crippen LogP contribution in [0.5, 0.6) is 11.5 Å². The van der Waals surface area contributed by atoms with Gasteiger partial charge in [0.2, 0.25) is 0 Å². The first-order chi connectivity index (χ1) is 18.8. The SMILES string of the molecule is COc1cc(C(=O)NCC(C)(O)c2cc3c(c(-c4ccc(F)cc4)n2)OC[C@@]3(N)C(F)(F)F)cc2cccnc12. The van der Waals surface area contributed by atoms with Crippen LogP contribution in [0.1, 0.15) is 28.5 Å². The second kappa shape index (κ2) is 9.72. The third-order valence-electron chi connectivity index (χ3n) is 6.82. The first-order valence-corrected chi connectivity index (χ1v) is 12.1. The van der Waals surface area contributed by atoms with Gasteiger partial charge in [-0.2, -0.15) is 13.2 Å². The van der Waals surface area contributed by atoms with Crippen molar-refractivity contribution in [3.8, 4) is 22.8 Å². The summed E-state index contributed by atoms with van der Waals surface area (Å²) in [6.07, 6.45) is -3.30. The molecule has 1 amide bonds. The van der Waals surface area contributed by atoms with Gasteiger partial charge in [0.1, 0.15) is 35.0 Å². The molecule has 2 aromatic heterocycles. The van der Waals surface area contributed by atoms with Crippen LogP contribution >= 0.6 is 0 Å². The molecule has 5 rings (SSSR count). The Morgan fingerprint density at radius 3 is 2.60 bits per heavy atom. The van der Waals surface area contributed by atoms with Crippen LogP contribution in [0.4, 0.5) is 17.6 Å². The molecule has 0 spiro atoms. The van der Waals surface area contributed by atoms with Crippen LogP contribution in [-0.4, -0.2) is 47.4 Å². The van der Waals surface area contributed by atoms with E-state index in [0.29, 0.717) is 16.7 Å². The highest BCUT2D eigenvalue weighted by molar-refractivity contribution is 5.99. The fourth-order valence-electron chi connectivity index (χ4n) is 4.48. The first kappa shape index (κ1) is 27.3. The van der Waals surface area contributed by atoms with Crippen molar-refractivity contribution in [1.29, 1.82) is 0 Å². The summed E-state index contributed by atoms with van der Waals surface area (Å²) in [4.78, 5) is 21.7. The van der Waals surface area contributed by atoms with Gasteiger partial charge >= 0.3 is 6.18 Å². The van der Waals surface area contributed by atoms with Gasteiger partial charge in [-0.15, -0.1) is 0 Å². The Morgan fingerprint density at radius 2 is 1.93 bits per heavy atom. The minimum Gasteiger partial charge on any atom is -0.494 e. The van der Waals surface area contributed by atoms with Crippen LogP contribution in [0.3, 0.4) is 0 Å². The fraction of sp³-hybridized carbons (Fsp3) is 0.250. The molecular formula is C28H24F4N4O4. The van der Waals surface area contributed by atoms with Crippen molar-refractivity contribution in [2.45, 2.75) is 24.2 Å². The lowest BCUT2D eigenvalue weighted by molar-refractivity contribution is -0.191. The number of pyridine rings is 2. The number of methoxy groups -OCH3 is 1. The smallest absolute Gasteiger partial charge is 0.414 e. The normalized spacial score (nSPS) is 18.1. The number of aliphatic hydroxyl groups is 1. The summed E-state index contributed by atoms with van der Waals surface area (Å²) in [6.45, 7) is -0.0239. The number of amides is 1. The number of carbonyl (C=O) groups is 1. The standard InChI is InChI=1S/C28H24F4N4O4/c1-26(38,13-35-25(37)17-10-16-4-3-9-34-22(16)20(11-17)39-2)21-12-19-24(40-14-27(19,33)28(30,31)32)23(36-21)15-5-7-18(29)8-6-15/h3-12,38H,13-14,33H2,1-2H3,(H,35,37)/t26?,27-/m0/s1. The molecule has 0 aliphatic carbocycles. The van der Waals surface area contributed by atoms with Crippen LogP contribution in [0.2, 0.25) is 0 Å². The molecule has 0 saturated carbocycles. The van der Waals surface area contributed by atoms with E-state index in [4.69, 9.17) is 15.2 Å². The number of ether oxygens (including phenoxy) is 2. The zero-order chi connectivity index (χ0) is 28.9. The second-order valence-electron chi connectivity index (χ2n) is 9.71. The van der Waals surface area contributed by atoms with E-state index in [1.54, 1.807) is 24.4 Å². The molecule has 1 aliphatic heterocycles. The number of benzene rings is 2. The maximum absolute atomic E-state index is 14.0. The van der Waals surface area contributed by atoms with Gasteiger partial charge in [0.05, 0.1) is 19.3 Å². The molecule has 0 bridgehead atoms. The molecular weight excluding hydrogens is 532 g/mol. The summed E-state index contributed by atoms with van der Waals surface area (Å²) < 4.78 is 66.4. The maximum Gasteiger partial charge on any atom is 0.414 e. The predicted molar refractivity (Wildman–Crippen MR) is 137 cm³/mol. The molecule has 8 nitrogen and oxygen atoms in total. The van der Waals surface area contributed by atoms with E-state index in [-0.39, 0.29) is 28.3 Å². The lowest BCUT2D eigenvalue weighted by Crippen LogP contribution is -2.52. The van der Waals surface area contributed by atoms with Gasteiger partial charge in [0.25, 0.3) is 5.91 Å². The summed E-state index contributed by atoms with van der Waals surface area (Å²) in [5.74, 6) is -0.981. The Hall–Kier alpha value is -4.29. The van der Waals surface area contributed by atoms with E-state index >= 15 is 0 Å². The number of fused-ring (bicyclic) bond motifs is 2. The van der Waals surface area contributed by atoms with E-state index < -0.39 is 47.8 Å². The quantitative estimate of drug-likeness (QED) is 0.305. The van der Waals surface area contributed by atoms with Crippen molar-refractivity contribution in [2.24, 2.45) is 5.73 Å². The number of nitrogens with two attached hydrogens (primary N) is 1. The van der Waals surface area contributed by atoms with Crippen molar-refractivity contribution in [3.05, 3.63) is 83.4 Å². The third-order valence-corrected chi connectivity index (χ3v) is 6.82. The number of alkyl halides is 3. The number of aromatic nitrogens is 2. The van der Waals surface area contributed by atoms with Gasteiger partial charge in [-0.1, -0.05) is 6.07 Å². The molecule has 4 aromatic rings. The molecule has 12 heteroatoms. The van der Waals surface area contributed by atoms with Crippen LogP contribution in [-0.2, 0) is 11.1 Å². The number of rotatable bonds is 6. The molecule has 0 radical (unpaired) electrons. The van der Waals surface area contributed by atoms with Crippen molar-refractivity contribution >= 4 is 16.8 Å². The first-order valence-electron chi connectivity index (χ1n) is 12.1. The monoisotopic (exact) mass is 556 g/mol. The molecule has 1 unspecified atom stereocenters. The van der Waals surface area contributed by atoms with E-state index in [2.05, 4.69) is 15.3 Å². The van der Waals surface area contributed by atoms with Gasteiger partial charge in [-0.3, -0.25) is 9.78 Å². The molecule has 208 valence electrons. The molecule has 3 heterocycles. The molecule has 0 fully saturated rings. The number of nitrogens with zero attached hydrogens (tertiary/aromatic N) is 2. The Kier molecular flexibility index (Phi) is 6.63. The fourth-order valence-corrected chi connectivity index (χ4v) is 4.48. The van der Waals surface area contributed by atoms with Gasteiger partial charge < -0.3 is 25.6 Å². The Labute approximate surface area is 225 Å². The van der Waals surface area contributed by atoms with Crippen molar-refractivity contribution in [2.75, 3.05) is 20.3 Å². The average molecular weight is 557 g/mol. The summed E-state index contributed by atoms with van der Waals surface area (Å²) in [7, 11) is 1.44. The summed E-state index contributed by atoms with van der Waals surface area (Å²) in [6, 6.07) is 12.5. The van der Waals surface area contributed by atoms with Crippen LogP contribution < -0.4 is 20.5 Å². The zero-order valence-electron chi connectivity index (χ0n) is 21.3. The van der Waals surface area contributed by atoms with Crippen LogP contribution in [0.25, 0.3) is 22.2 Å². The highest BCUT2D eigenvalue weighted by atomic mass is 19.4. The lowest BCUT2D eigenvalue weighted by atomic mass is 9.88. The minimum absolute atomic E-state index is 0.0533. The van der Waals surface area contributed by atoms with E-state index in [0.717, 1.165) is 18.2 Å². The van der Waals surface area contributed by atoms with Crippen molar-refractivity contribution in [1.82, 2.24) is 15.3 Å². The van der Waals surface area contributed by atoms with E-state index in [1.807, 2.05) is 0 Å². The average Bonchev–Trinajstić information content (AvgIpc) is 3.29. The molecule has 2 aromatic carbocycles. The Bertz CT molecular complexity index is 1610. The van der Waals surface area contributed by atoms with Gasteiger partial charge in [-0.25, -0.2) is 9.37 Å². The summed E-state index contributed by atoms with van der Waals surface area (Å²) >= 11 is 0. The number of halogens is 4. The number of hydrogen-bond acceptors (Lipinski definition) is 7. The third kappa shape index (κ3) is 4.69. The topological polar surface area (TPSA) is 120 Å². The molecule has 40 heavy (non-hydrogen) atoms. The van der Waals surface area contributed by atoms with E-state index in [1.165, 1.54) is 32.2 Å². The van der Waals surface area contributed by atoms with Crippen LogP contribution in [0.15, 0.2) is 60.8 Å². The predicted octanol–water partition coefficient (Wildman–Crippen LogP) is 4.19. The number of nitrogens with one attached hydrogen (secondary N) is 1. The minimum atomic E-state index is -4.89. The molecule has 4 N–H and O–H groups in total. The Morgan fingerprint density at radius 1 is 1.20 bits per heavy atom. The van der Waals surface area contributed by atoms with E-state index in [9.17, 15) is 27.5 Å². The molecule has 2 atom stereocenters. The van der Waals surface area contributed by atoms with Crippen molar-refractivity contribution < 1.29 is 36.9 Å². The summed E-state index contributed by atoms with van der Waals surface area (Å²) in [5.41, 5.74) is 1.32. The molecule has 1 aliphatic rings. The lowest BCUT2D eigenvalue weighted by Gasteiger charge is -2.28. The zero-order valence-corrected chi connectivity index (χ0v) is 21.3. The second-order valence-corrected chi connectivity index (χ2v) is 9.71. The maximum atomic E-state index is 14.0. The largest absolute Gasteiger partial charge is 0.494 e.